The molecule has 6 rings (SSSR count). The number of fused-ring (bicyclic) bond motifs is 4. The molecule has 0 saturated heterocycles. The second kappa shape index (κ2) is 8.91. The largest absolute Gasteiger partial charge is 0.298 e. The number of thioether (sulfide) groups is 1. The van der Waals surface area contributed by atoms with Gasteiger partial charge in [-0.1, -0.05) is 42.5 Å². The summed E-state index contributed by atoms with van der Waals surface area (Å²) >= 11 is 3.24. The molecule has 176 valence electrons. The van der Waals surface area contributed by atoms with Crippen LogP contribution in [0.5, 0.6) is 0 Å². The van der Waals surface area contributed by atoms with Gasteiger partial charge in [-0.05, 0) is 47.9 Å². The van der Waals surface area contributed by atoms with Gasteiger partial charge in [0.15, 0.2) is 5.13 Å². The number of hydrogen-bond donors (Lipinski definition) is 1. The monoisotopic (exact) mass is 519 g/mol. The topological polar surface area (TPSA) is 79.4 Å². The number of hydrogen-bond acceptors (Lipinski definition) is 6. The minimum Gasteiger partial charge on any atom is -0.298 e. The van der Waals surface area contributed by atoms with Gasteiger partial charge in [-0.15, -0.1) is 23.1 Å². The van der Waals surface area contributed by atoms with Crippen LogP contribution >= 0.6 is 23.1 Å². The Morgan fingerprint density at radius 1 is 0.943 bits per heavy atom. The maximum absolute atomic E-state index is 13.2. The van der Waals surface area contributed by atoms with E-state index < -0.39 is 10.0 Å². The highest BCUT2D eigenvalue weighted by molar-refractivity contribution is 7.98. The van der Waals surface area contributed by atoms with Crippen LogP contribution in [0.15, 0.2) is 82.6 Å². The average Bonchev–Trinajstić information content (AvgIpc) is 3.31. The summed E-state index contributed by atoms with van der Waals surface area (Å²) in [5.41, 5.74) is 4.62. The van der Waals surface area contributed by atoms with E-state index in [0.717, 1.165) is 27.5 Å². The lowest BCUT2D eigenvalue weighted by atomic mass is 10.0. The fourth-order valence-corrected chi connectivity index (χ4v) is 7.93. The van der Waals surface area contributed by atoms with E-state index in [0.29, 0.717) is 30.2 Å². The van der Waals surface area contributed by atoms with Crippen molar-refractivity contribution in [1.29, 1.82) is 0 Å². The highest BCUT2D eigenvalue weighted by atomic mass is 32.2. The summed E-state index contributed by atoms with van der Waals surface area (Å²) in [6.07, 6.45) is 0.691. The van der Waals surface area contributed by atoms with E-state index in [9.17, 15) is 13.2 Å². The minimum absolute atomic E-state index is 0.187. The molecule has 3 aromatic carbocycles. The van der Waals surface area contributed by atoms with Crippen molar-refractivity contribution in [3.63, 3.8) is 0 Å². The smallest absolute Gasteiger partial charge is 0.257 e. The Labute approximate surface area is 212 Å². The molecule has 0 fully saturated rings. The van der Waals surface area contributed by atoms with Crippen LogP contribution in [-0.2, 0) is 28.7 Å². The molecule has 0 saturated carbocycles. The van der Waals surface area contributed by atoms with Crippen molar-refractivity contribution >= 4 is 44.2 Å². The van der Waals surface area contributed by atoms with Gasteiger partial charge >= 0.3 is 0 Å². The third-order valence-electron chi connectivity index (χ3n) is 6.27. The second-order valence-corrected chi connectivity index (χ2v) is 12.5. The van der Waals surface area contributed by atoms with E-state index in [-0.39, 0.29) is 10.8 Å². The number of aromatic nitrogens is 1. The van der Waals surface area contributed by atoms with Crippen LogP contribution in [0.25, 0.3) is 11.3 Å². The molecular weight excluding hydrogens is 499 g/mol. The summed E-state index contributed by atoms with van der Waals surface area (Å²) in [6, 6.07) is 22.2. The molecule has 3 heterocycles. The molecule has 0 unspecified atom stereocenters. The van der Waals surface area contributed by atoms with Gasteiger partial charge in [-0.3, -0.25) is 10.1 Å². The Morgan fingerprint density at radius 2 is 1.69 bits per heavy atom. The van der Waals surface area contributed by atoms with Gasteiger partial charge in [0.1, 0.15) is 0 Å². The summed E-state index contributed by atoms with van der Waals surface area (Å²) in [5.74, 6) is 0.515. The Morgan fingerprint density at radius 3 is 2.51 bits per heavy atom. The molecule has 2 aliphatic heterocycles. The molecule has 0 radical (unpaired) electrons. The van der Waals surface area contributed by atoms with E-state index in [4.69, 9.17) is 0 Å². The fraction of sp³-hybridized carbons (Fsp3) is 0.154. The minimum atomic E-state index is -3.65. The number of nitrogens with one attached hydrogen (secondary N) is 1. The molecule has 1 amide bonds. The zero-order valence-electron chi connectivity index (χ0n) is 18.6. The summed E-state index contributed by atoms with van der Waals surface area (Å²) in [5, 5.41) is 3.42. The van der Waals surface area contributed by atoms with E-state index in [1.807, 2.05) is 42.5 Å². The highest BCUT2D eigenvalue weighted by Gasteiger charge is 2.28. The van der Waals surface area contributed by atoms with Gasteiger partial charge < -0.3 is 0 Å². The molecule has 35 heavy (non-hydrogen) atoms. The molecular formula is C26H21N3O3S3. The van der Waals surface area contributed by atoms with Gasteiger partial charge in [0.25, 0.3) is 5.91 Å². The predicted molar refractivity (Wildman–Crippen MR) is 139 cm³/mol. The number of carbonyl (C=O) groups is 1. The van der Waals surface area contributed by atoms with Gasteiger partial charge in [0.2, 0.25) is 10.0 Å². The molecule has 0 aliphatic carbocycles. The van der Waals surface area contributed by atoms with Crippen LogP contribution in [-0.4, -0.2) is 30.2 Å². The lowest BCUT2D eigenvalue weighted by Crippen LogP contribution is -2.35. The van der Waals surface area contributed by atoms with Crippen LogP contribution in [0, 0.1) is 0 Å². The summed E-state index contributed by atoms with van der Waals surface area (Å²) < 4.78 is 27.9. The van der Waals surface area contributed by atoms with Gasteiger partial charge in [-0.25, -0.2) is 13.4 Å². The summed E-state index contributed by atoms with van der Waals surface area (Å²) in [4.78, 5) is 20.0. The first-order valence-corrected chi connectivity index (χ1v) is 14.4. The Balaban J connectivity index is 1.18. The zero-order valence-corrected chi connectivity index (χ0v) is 21.1. The van der Waals surface area contributed by atoms with Crippen molar-refractivity contribution in [2.45, 2.75) is 28.5 Å². The average molecular weight is 520 g/mol. The molecule has 0 atom stereocenters. The molecule has 0 bridgehead atoms. The number of nitrogens with zero attached hydrogens (tertiary/aromatic N) is 2. The molecule has 2 aliphatic rings. The van der Waals surface area contributed by atoms with E-state index in [1.54, 1.807) is 23.9 Å². The number of carbonyl (C=O) groups excluding carboxylic acids is 1. The van der Waals surface area contributed by atoms with Crippen LogP contribution in [0.4, 0.5) is 5.13 Å². The van der Waals surface area contributed by atoms with Crippen molar-refractivity contribution in [3.05, 3.63) is 94.4 Å². The van der Waals surface area contributed by atoms with Crippen molar-refractivity contribution in [2.75, 3.05) is 11.9 Å². The molecule has 1 aromatic heterocycles. The Kier molecular flexibility index (Phi) is 5.72. The highest BCUT2D eigenvalue weighted by Crippen LogP contribution is 2.44. The quantitative estimate of drug-likeness (QED) is 0.390. The lowest BCUT2D eigenvalue weighted by Gasteiger charge is -2.28. The first-order chi connectivity index (χ1) is 17.0. The third kappa shape index (κ3) is 4.18. The molecule has 4 aromatic rings. The third-order valence-corrected chi connectivity index (χ3v) is 10.4. The number of benzene rings is 3. The van der Waals surface area contributed by atoms with Crippen LogP contribution in [0.3, 0.4) is 0 Å². The van der Waals surface area contributed by atoms with Crippen molar-refractivity contribution in [2.24, 2.45) is 0 Å². The number of anilines is 1. The van der Waals surface area contributed by atoms with Crippen molar-refractivity contribution in [3.8, 4) is 11.3 Å². The molecule has 9 heteroatoms. The maximum atomic E-state index is 13.2. The SMILES string of the molecule is O=C(Nc1nc2c(s1)CSc1ccccc1-2)c1ccc(S(=O)(=O)N2CCc3ccccc3C2)cc1. The van der Waals surface area contributed by atoms with Crippen molar-refractivity contribution in [1.82, 2.24) is 9.29 Å². The summed E-state index contributed by atoms with van der Waals surface area (Å²) in [7, 11) is -3.65. The molecule has 6 nitrogen and oxygen atoms in total. The summed E-state index contributed by atoms with van der Waals surface area (Å²) in [6.45, 7) is 0.800. The Bertz CT molecular complexity index is 1550. The van der Waals surface area contributed by atoms with E-state index in [2.05, 4.69) is 16.4 Å². The van der Waals surface area contributed by atoms with Crippen LogP contribution in [0.1, 0.15) is 26.4 Å². The van der Waals surface area contributed by atoms with Crippen LogP contribution < -0.4 is 5.32 Å². The van der Waals surface area contributed by atoms with Gasteiger partial charge in [0, 0.05) is 39.7 Å². The number of rotatable bonds is 4. The van der Waals surface area contributed by atoms with Crippen molar-refractivity contribution < 1.29 is 13.2 Å². The van der Waals surface area contributed by atoms with Gasteiger partial charge in [0.05, 0.1) is 10.6 Å². The number of thiazole rings is 1. The Hall–Kier alpha value is -2.98. The fourth-order valence-electron chi connectivity index (χ4n) is 4.42. The lowest BCUT2D eigenvalue weighted by molar-refractivity contribution is 0.102. The first-order valence-electron chi connectivity index (χ1n) is 11.2. The van der Waals surface area contributed by atoms with E-state index in [1.165, 1.54) is 38.2 Å². The normalized spacial score (nSPS) is 15.1. The zero-order chi connectivity index (χ0) is 24.0. The second-order valence-electron chi connectivity index (χ2n) is 8.41. The number of sulfonamides is 1. The van der Waals surface area contributed by atoms with Gasteiger partial charge in [-0.2, -0.15) is 4.31 Å². The molecule has 1 N–H and O–H groups in total. The molecule has 0 spiro atoms. The van der Waals surface area contributed by atoms with Crippen LogP contribution in [0.2, 0.25) is 0 Å². The maximum Gasteiger partial charge on any atom is 0.257 e. The number of amides is 1. The van der Waals surface area contributed by atoms with E-state index >= 15 is 0 Å². The standard InChI is InChI=1S/C26H21N3O3S3/c30-25(28-26-27-24-21-7-3-4-8-22(21)33-16-23(24)34-26)18-9-11-20(12-10-18)35(31,32)29-14-13-17-5-1-2-6-19(17)15-29/h1-12H,13-16H2,(H,27,28,30). The predicted octanol–water partition coefficient (Wildman–Crippen LogP) is 5.42. The first kappa shape index (κ1) is 22.5.